The number of nitrogens with zero attached hydrogens (tertiary/aromatic N) is 4. The van der Waals surface area contributed by atoms with Crippen molar-refractivity contribution in [2.24, 2.45) is 0 Å². The average molecular weight is 535 g/mol. The first-order chi connectivity index (χ1) is 18.0. The minimum Gasteiger partial charge on any atom is -0.491 e. The average Bonchev–Trinajstić information content (AvgIpc) is 2.87. The van der Waals surface area contributed by atoms with Gasteiger partial charge in [-0.25, -0.2) is 0 Å². The van der Waals surface area contributed by atoms with Gasteiger partial charge in [-0.15, -0.1) is 0 Å². The summed E-state index contributed by atoms with van der Waals surface area (Å²) < 4.78 is 44.5. The van der Waals surface area contributed by atoms with E-state index in [0.717, 1.165) is 42.8 Å². The van der Waals surface area contributed by atoms with Gasteiger partial charge in [0.05, 0.1) is 5.56 Å². The maximum absolute atomic E-state index is 13.0. The predicted octanol–water partition coefficient (Wildman–Crippen LogP) is 4.07. The summed E-state index contributed by atoms with van der Waals surface area (Å²) in [6.45, 7) is 6.66. The van der Waals surface area contributed by atoms with Crippen LogP contribution in [-0.4, -0.2) is 89.7 Å². The number of piperidine rings is 1. The van der Waals surface area contributed by atoms with Gasteiger partial charge in [-0.05, 0) is 82.1 Å². The van der Waals surface area contributed by atoms with Crippen LogP contribution in [0.25, 0.3) is 0 Å². The fourth-order valence-corrected chi connectivity index (χ4v) is 5.63. The molecule has 3 heterocycles. The van der Waals surface area contributed by atoms with E-state index in [4.69, 9.17) is 4.74 Å². The number of amides is 1. The van der Waals surface area contributed by atoms with Crippen LogP contribution in [0.2, 0.25) is 0 Å². The minimum absolute atomic E-state index is 0.177. The quantitative estimate of drug-likeness (QED) is 0.578. The van der Waals surface area contributed by atoms with E-state index in [1.807, 2.05) is 32.0 Å². The molecule has 0 saturated carbocycles. The molecule has 2 aliphatic heterocycles. The Balaban J connectivity index is 1.43. The van der Waals surface area contributed by atoms with Crippen LogP contribution < -0.4 is 4.74 Å². The molecule has 7 nitrogen and oxygen atoms in total. The summed E-state index contributed by atoms with van der Waals surface area (Å²) in [5, 5.41) is 10.2. The summed E-state index contributed by atoms with van der Waals surface area (Å²) in [6, 6.07) is 6.59. The summed E-state index contributed by atoms with van der Waals surface area (Å²) in [4.78, 5) is 22.6. The van der Waals surface area contributed by atoms with Crippen LogP contribution in [0, 0.1) is 13.8 Å². The Morgan fingerprint density at radius 2 is 1.92 bits per heavy atom. The third-order valence-electron chi connectivity index (χ3n) is 7.68. The number of hydrogen-bond donors (Lipinski definition) is 1. The number of aliphatic hydroxyl groups is 1. The molecule has 0 radical (unpaired) electrons. The Hall–Kier alpha value is -2.69. The number of rotatable bonds is 7. The first-order valence-electron chi connectivity index (χ1n) is 13.1. The molecular weight excluding hydrogens is 497 g/mol. The lowest BCUT2D eigenvalue weighted by molar-refractivity contribution is -0.141. The van der Waals surface area contributed by atoms with Gasteiger partial charge < -0.3 is 19.6 Å². The monoisotopic (exact) mass is 534 g/mol. The molecule has 0 bridgehead atoms. The predicted molar refractivity (Wildman–Crippen MR) is 138 cm³/mol. The van der Waals surface area contributed by atoms with Gasteiger partial charge in [-0.2, -0.15) is 13.2 Å². The van der Waals surface area contributed by atoms with Crippen LogP contribution in [0.3, 0.4) is 0 Å². The van der Waals surface area contributed by atoms with Crippen molar-refractivity contribution in [3.05, 3.63) is 58.4 Å². The molecule has 1 N–H and O–H groups in total. The number of likely N-dealkylation sites (N-methyl/N-ethyl adjacent to an activating group) is 1. The second-order valence-corrected chi connectivity index (χ2v) is 10.6. The Bertz CT molecular complexity index is 1120. The smallest absolute Gasteiger partial charge is 0.433 e. The zero-order valence-electron chi connectivity index (χ0n) is 22.5. The van der Waals surface area contributed by atoms with Gasteiger partial charge >= 0.3 is 6.18 Å². The summed E-state index contributed by atoms with van der Waals surface area (Å²) in [5.41, 5.74) is 2.66. The highest BCUT2D eigenvalue weighted by Crippen LogP contribution is 2.39. The molecule has 0 aliphatic carbocycles. The van der Waals surface area contributed by atoms with Gasteiger partial charge in [-0.1, -0.05) is 6.07 Å². The van der Waals surface area contributed by atoms with Gasteiger partial charge in [0.15, 0.2) is 0 Å². The molecular formula is C28H37F3N4O3. The van der Waals surface area contributed by atoms with Crippen LogP contribution in [0.5, 0.6) is 5.75 Å². The molecule has 208 valence electrons. The van der Waals surface area contributed by atoms with Gasteiger partial charge in [-0.3, -0.25) is 14.7 Å². The number of carbonyl (C=O) groups is 1. The fourth-order valence-electron chi connectivity index (χ4n) is 5.63. The van der Waals surface area contributed by atoms with Crippen molar-refractivity contribution in [3.8, 4) is 5.75 Å². The lowest BCUT2D eigenvalue weighted by atomic mass is 9.86. The molecule has 1 amide bonds. The third-order valence-corrected chi connectivity index (χ3v) is 7.68. The topological polar surface area (TPSA) is 69.1 Å². The van der Waals surface area contributed by atoms with Crippen LogP contribution in [0.4, 0.5) is 13.2 Å². The second-order valence-electron chi connectivity index (χ2n) is 10.6. The molecule has 3 atom stereocenters. The van der Waals surface area contributed by atoms with E-state index >= 15 is 0 Å². The lowest BCUT2D eigenvalue weighted by Gasteiger charge is -2.48. The summed E-state index contributed by atoms with van der Waals surface area (Å²) in [5.74, 6) is 0.495. The lowest BCUT2D eigenvalue weighted by Crippen LogP contribution is -2.57. The number of ether oxygens (including phenoxy) is 1. The maximum atomic E-state index is 13.0. The van der Waals surface area contributed by atoms with Crippen molar-refractivity contribution < 1.29 is 27.8 Å². The molecule has 2 aromatic rings. The number of fused-ring (bicyclic) bond motifs is 1. The minimum atomic E-state index is -4.53. The van der Waals surface area contributed by atoms with E-state index < -0.39 is 18.0 Å². The van der Waals surface area contributed by atoms with Gasteiger partial charge in [0.25, 0.3) is 5.91 Å². The summed E-state index contributed by atoms with van der Waals surface area (Å²) in [7, 11) is 3.82. The van der Waals surface area contributed by atoms with E-state index in [9.17, 15) is 23.1 Å². The number of halogens is 3. The SMILES string of the molecule is Cc1c(OC[C@H](O)CN(C)C)ccc([C@H]2CCCC3CN(C(=O)c4ccc(C(F)(F)F)nc4)CCN32)c1C. The highest BCUT2D eigenvalue weighted by molar-refractivity contribution is 5.94. The van der Waals surface area contributed by atoms with Crippen molar-refractivity contribution >= 4 is 5.91 Å². The third kappa shape index (κ3) is 6.30. The van der Waals surface area contributed by atoms with Crippen LogP contribution in [0.1, 0.15) is 58.0 Å². The highest BCUT2D eigenvalue weighted by atomic mass is 19.4. The second kappa shape index (κ2) is 11.6. The number of pyridine rings is 1. The largest absolute Gasteiger partial charge is 0.491 e. The van der Waals surface area contributed by atoms with Gasteiger partial charge in [0, 0.05) is 44.5 Å². The van der Waals surface area contributed by atoms with Crippen molar-refractivity contribution in [2.75, 3.05) is 46.9 Å². The maximum Gasteiger partial charge on any atom is 0.433 e. The first kappa shape index (κ1) is 28.3. The molecule has 1 aromatic carbocycles. The number of aromatic nitrogens is 1. The van der Waals surface area contributed by atoms with E-state index in [2.05, 4.69) is 22.9 Å². The zero-order valence-corrected chi connectivity index (χ0v) is 22.5. The molecule has 1 aromatic heterocycles. The Morgan fingerprint density at radius 1 is 1.16 bits per heavy atom. The van der Waals surface area contributed by atoms with Crippen LogP contribution in [-0.2, 0) is 6.18 Å². The Morgan fingerprint density at radius 3 is 2.58 bits per heavy atom. The Labute approximate surface area is 222 Å². The first-order valence-corrected chi connectivity index (χ1v) is 13.1. The standard InChI is InChI=1S/C28H37F3N4O3/c1-18-19(2)25(38-17-22(36)16-33(3)4)10-9-23(18)24-7-5-6-21-15-34(12-13-35(21)24)27(37)20-8-11-26(32-14-20)28(29,30)31/h8-11,14,21-22,24,36H,5-7,12-13,15-17H2,1-4H3/t21?,22-,24-/m1/s1. The molecule has 2 fully saturated rings. The van der Waals surface area contributed by atoms with Crippen molar-refractivity contribution in [2.45, 2.75) is 57.5 Å². The normalized spacial score (nSPS) is 21.3. The van der Waals surface area contributed by atoms with Crippen molar-refractivity contribution in [3.63, 3.8) is 0 Å². The molecule has 4 rings (SSSR count). The molecule has 38 heavy (non-hydrogen) atoms. The number of carbonyl (C=O) groups excluding carboxylic acids is 1. The van der Waals surface area contributed by atoms with Crippen molar-refractivity contribution in [1.82, 2.24) is 19.7 Å². The molecule has 2 saturated heterocycles. The Kier molecular flexibility index (Phi) is 8.64. The molecule has 10 heteroatoms. The van der Waals surface area contributed by atoms with Crippen LogP contribution >= 0.6 is 0 Å². The van der Waals surface area contributed by atoms with E-state index in [-0.39, 0.29) is 30.2 Å². The van der Waals surface area contributed by atoms with E-state index in [0.29, 0.717) is 26.2 Å². The molecule has 2 aliphatic rings. The highest BCUT2D eigenvalue weighted by Gasteiger charge is 2.38. The number of alkyl halides is 3. The van der Waals surface area contributed by atoms with Gasteiger partial charge in [0.1, 0.15) is 24.2 Å². The summed E-state index contributed by atoms with van der Waals surface area (Å²) >= 11 is 0. The van der Waals surface area contributed by atoms with E-state index in [1.54, 1.807) is 4.90 Å². The van der Waals surface area contributed by atoms with E-state index in [1.165, 1.54) is 17.2 Å². The van der Waals surface area contributed by atoms with Gasteiger partial charge in [0.2, 0.25) is 0 Å². The molecule has 1 unspecified atom stereocenters. The fraction of sp³-hybridized carbons (Fsp3) is 0.571. The number of piperazine rings is 1. The number of benzene rings is 1. The number of aliphatic hydroxyl groups excluding tert-OH is 1. The number of hydrogen-bond acceptors (Lipinski definition) is 6. The van der Waals surface area contributed by atoms with Crippen LogP contribution in [0.15, 0.2) is 30.5 Å². The summed E-state index contributed by atoms with van der Waals surface area (Å²) in [6.07, 6.45) is -1.05. The zero-order chi connectivity index (χ0) is 27.6. The molecule has 0 spiro atoms. The van der Waals surface area contributed by atoms with Crippen molar-refractivity contribution in [1.29, 1.82) is 0 Å².